The van der Waals surface area contributed by atoms with E-state index in [4.69, 9.17) is 12.2 Å². The zero-order valence-corrected chi connectivity index (χ0v) is 11.7. The van der Waals surface area contributed by atoms with Crippen molar-refractivity contribution in [2.75, 3.05) is 27.2 Å². The van der Waals surface area contributed by atoms with Gasteiger partial charge in [0.25, 0.3) is 0 Å². The van der Waals surface area contributed by atoms with E-state index in [1.807, 2.05) is 0 Å². The number of thiocarbonyl (C=S) groups is 1. The summed E-state index contributed by atoms with van der Waals surface area (Å²) in [4.78, 5) is 2.20. The fraction of sp³-hybridized carbons (Fsp3) is 0.909. The third kappa shape index (κ3) is 8.63. The molecule has 3 nitrogen and oxygen atoms in total. The van der Waals surface area contributed by atoms with Crippen LogP contribution in [0.25, 0.3) is 0 Å². The van der Waals surface area contributed by atoms with Crippen molar-refractivity contribution >= 4 is 17.3 Å². The molecule has 0 amide bonds. The van der Waals surface area contributed by atoms with Crippen LogP contribution in [-0.2, 0) is 0 Å². The predicted molar refractivity (Wildman–Crippen MR) is 71.2 cm³/mol. The standard InChI is InChI=1S/C11H25N3S/c1-9(2)13-10(15)12-7-11(3,4)8-14(5)6/h9H,7-8H2,1-6H3,(H2,12,13,15). The normalized spacial score (nSPS) is 12.0. The Balaban J connectivity index is 3.87. The highest BCUT2D eigenvalue weighted by Crippen LogP contribution is 2.13. The van der Waals surface area contributed by atoms with E-state index in [1.54, 1.807) is 0 Å². The SMILES string of the molecule is CC(C)NC(=S)NCC(C)(C)CN(C)C. The maximum Gasteiger partial charge on any atom is 0.166 e. The molecular weight excluding hydrogens is 206 g/mol. The van der Waals surface area contributed by atoms with Crippen molar-refractivity contribution in [2.45, 2.75) is 33.7 Å². The van der Waals surface area contributed by atoms with Crippen LogP contribution in [0.2, 0.25) is 0 Å². The van der Waals surface area contributed by atoms with Crippen LogP contribution in [0, 0.1) is 5.41 Å². The lowest BCUT2D eigenvalue weighted by molar-refractivity contribution is 0.241. The number of hydrogen-bond acceptors (Lipinski definition) is 2. The fourth-order valence-electron chi connectivity index (χ4n) is 1.54. The number of rotatable bonds is 5. The van der Waals surface area contributed by atoms with E-state index in [-0.39, 0.29) is 5.41 Å². The van der Waals surface area contributed by atoms with Gasteiger partial charge in [-0.15, -0.1) is 0 Å². The van der Waals surface area contributed by atoms with Crippen LogP contribution in [0.1, 0.15) is 27.7 Å². The second-order valence-corrected chi connectivity index (χ2v) is 5.79. The van der Waals surface area contributed by atoms with Crippen LogP contribution in [0.5, 0.6) is 0 Å². The van der Waals surface area contributed by atoms with Crippen LogP contribution in [0.15, 0.2) is 0 Å². The molecule has 0 atom stereocenters. The Morgan fingerprint density at radius 3 is 2.27 bits per heavy atom. The highest BCUT2D eigenvalue weighted by molar-refractivity contribution is 7.80. The van der Waals surface area contributed by atoms with Gasteiger partial charge in [0.05, 0.1) is 0 Å². The zero-order valence-electron chi connectivity index (χ0n) is 10.8. The Hall–Kier alpha value is -0.350. The molecule has 0 aliphatic carbocycles. The summed E-state index contributed by atoms with van der Waals surface area (Å²) in [7, 11) is 4.18. The van der Waals surface area contributed by atoms with Gasteiger partial charge in [0.2, 0.25) is 0 Å². The highest BCUT2D eigenvalue weighted by atomic mass is 32.1. The lowest BCUT2D eigenvalue weighted by Crippen LogP contribution is -2.45. The van der Waals surface area contributed by atoms with E-state index in [0.717, 1.165) is 18.2 Å². The number of hydrogen-bond donors (Lipinski definition) is 2. The topological polar surface area (TPSA) is 27.3 Å². The molecule has 90 valence electrons. The van der Waals surface area contributed by atoms with E-state index < -0.39 is 0 Å². The Morgan fingerprint density at radius 1 is 1.33 bits per heavy atom. The van der Waals surface area contributed by atoms with Crippen molar-refractivity contribution < 1.29 is 0 Å². The first kappa shape index (κ1) is 14.6. The first-order valence-electron chi connectivity index (χ1n) is 5.42. The molecule has 0 unspecified atom stereocenters. The van der Waals surface area contributed by atoms with E-state index in [9.17, 15) is 0 Å². The van der Waals surface area contributed by atoms with Crippen molar-refractivity contribution in [3.63, 3.8) is 0 Å². The number of nitrogens with one attached hydrogen (secondary N) is 2. The second kappa shape index (κ2) is 6.28. The molecule has 0 bridgehead atoms. The molecular formula is C11H25N3S. The van der Waals surface area contributed by atoms with Crippen LogP contribution in [0.4, 0.5) is 0 Å². The molecule has 0 saturated carbocycles. The summed E-state index contributed by atoms with van der Waals surface area (Å²) >= 11 is 5.18. The molecule has 0 aromatic heterocycles. The highest BCUT2D eigenvalue weighted by Gasteiger charge is 2.18. The van der Waals surface area contributed by atoms with Gasteiger partial charge in [-0.1, -0.05) is 13.8 Å². The molecule has 0 saturated heterocycles. The number of nitrogens with zero attached hydrogens (tertiary/aromatic N) is 1. The van der Waals surface area contributed by atoms with Gasteiger partial charge in [-0.3, -0.25) is 0 Å². The molecule has 0 aliphatic rings. The molecule has 0 aliphatic heterocycles. The Morgan fingerprint density at radius 2 is 1.87 bits per heavy atom. The molecule has 0 radical (unpaired) electrons. The maximum atomic E-state index is 5.18. The Labute approximate surface area is 99.6 Å². The Bertz CT molecular complexity index is 200. The van der Waals surface area contributed by atoms with Crippen molar-refractivity contribution in [1.29, 1.82) is 0 Å². The van der Waals surface area contributed by atoms with Crippen molar-refractivity contribution in [2.24, 2.45) is 5.41 Å². The Kier molecular flexibility index (Phi) is 6.13. The molecule has 0 heterocycles. The quantitative estimate of drug-likeness (QED) is 0.700. The molecule has 0 aromatic carbocycles. The predicted octanol–water partition coefficient (Wildman–Crippen LogP) is 1.45. The molecule has 15 heavy (non-hydrogen) atoms. The third-order valence-corrected chi connectivity index (χ3v) is 2.15. The minimum Gasteiger partial charge on any atom is -0.362 e. The van der Waals surface area contributed by atoms with Crippen LogP contribution >= 0.6 is 12.2 Å². The third-order valence-electron chi connectivity index (χ3n) is 1.89. The van der Waals surface area contributed by atoms with Gasteiger partial charge < -0.3 is 15.5 Å². The monoisotopic (exact) mass is 231 g/mol. The average molecular weight is 231 g/mol. The first-order valence-corrected chi connectivity index (χ1v) is 5.83. The van der Waals surface area contributed by atoms with Gasteiger partial charge in [0.1, 0.15) is 0 Å². The summed E-state index contributed by atoms with van der Waals surface area (Å²) in [6.07, 6.45) is 0. The smallest absolute Gasteiger partial charge is 0.166 e. The maximum absolute atomic E-state index is 5.18. The minimum absolute atomic E-state index is 0.228. The molecule has 0 aromatic rings. The van der Waals surface area contributed by atoms with Crippen LogP contribution < -0.4 is 10.6 Å². The van der Waals surface area contributed by atoms with E-state index in [0.29, 0.717) is 6.04 Å². The molecule has 0 rings (SSSR count). The summed E-state index contributed by atoms with van der Waals surface area (Å²) in [5.41, 5.74) is 0.228. The lowest BCUT2D eigenvalue weighted by atomic mass is 9.93. The first-order chi connectivity index (χ1) is 6.73. The molecule has 0 spiro atoms. The van der Waals surface area contributed by atoms with Crippen LogP contribution in [-0.4, -0.2) is 43.2 Å². The molecule has 0 fully saturated rings. The van der Waals surface area contributed by atoms with Gasteiger partial charge in [-0.2, -0.15) is 0 Å². The second-order valence-electron chi connectivity index (χ2n) is 5.38. The van der Waals surface area contributed by atoms with Crippen molar-refractivity contribution in [3.05, 3.63) is 0 Å². The zero-order chi connectivity index (χ0) is 12.1. The van der Waals surface area contributed by atoms with Gasteiger partial charge in [-0.25, -0.2) is 0 Å². The summed E-state index contributed by atoms with van der Waals surface area (Å²) < 4.78 is 0. The summed E-state index contributed by atoms with van der Waals surface area (Å²) in [5.74, 6) is 0. The van der Waals surface area contributed by atoms with Crippen molar-refractivity contribution in [3.8, 4) is 0 Å². The largest absolute Gasteiger partial charge is 0.362 e. The van der Waals surface area contributed by atoms with Gasteiger partial charge in [0.15, 0.2) is 5.11 Å². The fourth-order valence-corrected chi connectivity index (χ4v) is 1.85. The molecule has 2 N–H and O–H groups in total. The summed E-state index contributed by atoms with van der Waals surface area (Å²) in [5, 5.41) is 7.18. The van der Waals surface area contributed by atoms with Gasteiger partial charge in [0, 0.05) is 19.1 Å². The average Bonchev–Trinajstić information content (AvgIpc) is 1.97. The molecule has 4 heteroatoms. The van der Waals surface area contributed by atoms with E-state index in [2.05, 4.69) is 57.3 Å². The van der Waals surface area contributed by atoms with Gasteiger partial charge >= 0.3 is 0 Å². The van der Waals surface area contributed by atoms with Crippen LogP contribution in [0.3, 0.4) is 0 Å². The summed E-state index contributed by atoms with van der Waals surface area (Å²) in [6.45, 7) is 10.6. The van der Waals surface area contributed by atoms with Crippen molar-refractivity contribution in [1.82, 2.24) is 15.5 Å². The van der Waals surface area contributed by atoms with Gasteiger partial charge in [-0.05, 0) is 45.6 Å². The van der Waals surface area contributed by atoms with E-state index in [1.165, 1.54) is 0 Å². The van der Waals surface area contributed by atoms with E-state index >= 15 is 0 Å². The minimum atomic E-state index is 0.228. The lowest BCUT2D eigenvalue weighted by Gasteiger charge is -2.29. The summed E-state index contributed by atoms with van der Waals surface area (Å²) in [6, 6.07) is 0.391.